The predicted molar refractivity (Wildman–Crippen MR) is 162 cm³/mol. The molecule has 3 amide bonds. The maximum absolute atomic E-state index is 14.5. The predicted octanol–water partition coefficient (Wildman–Crippen LogP) is 4.78. The summed E-state index contributed by atoms with van der Waals surface area (Å²) in [6.07, 6.45) is 1.45. The Hall–Kier alpha value is -6.04. The molecule has 3 aliphatic carbocycles. The maximum atomic E-state index is 14.5. The fourth-order valence-electron chi connectivity index (χ4n) is 7.27. The Bertz CT molecular complexity index is 1970. The van der Waals surface area contributed by atoms with Gasteiger partial charge in [-0.1, -0.05) is 60.7 Å². The van der Waals surface area contributed by atoms with Crippen molar-refractivity contribution in [1.82, 2.24) is 5.43 Å². The summed E-state index contributed by atoms with van der Waals surface area (Å²) in [4.78, 5) is 64.9. The minimum atomic E-state index is -1.33. The Morgan fingerprint density at radius 3 is 2.18 bits per heavy atom. The summed E-state index contributed by atoms with van der Waals surface area (Å²) >= 11 is 0. The molecule has 0 aromatic heterocycles. The van der Waals surface area contributed by atoms with Crippen molar-refractivity contribution in [2.75, 3.05) is 4.90 Å². The van der Waals surface area contributed by atoms with Crippen LogP contribution in [0.1, 0.15) is 44.1 Å². The molecule has 12 nitrogen and oxygen atoms in total. The van der Waals surface area contributed by atoms with Crippen LogP contribution in [0.25, 0.3) is 0 Å². The molecule has 12 heteroatoms. The van der Waals surface area contributed by atoms with Gasteiger partial charge < -0.3 is 0 Å². The number of hydrogen-bond acceptors (Lipinski definition) is 8. The summed E-state index contributed by atoms with van der Waals surface area (Å²) in [5.74, 6) is -4.30. The fourth-order valence-corrected chi connectivity index (χ4v) is 7.27. The van der Waals surface area contributed by atoms with E-state index in [0.29, 0.717) is 5.56 Å². The number of anilines is 1. The normalized spacial score (nSPS) is 22.6. The zero-order valence-electron chi connectivity index (χ0n) is 23.6. The zero-order valence-corrected chi connectivity index (χ0v) is 23.6. The van der Waals surface area contributed by atoms with Crippen molar-refractivity contribution in [3.8, 4) is 0 Å². The summed E-state index contributed by atoms with van der Waals surface area (Å²) < 4.78 is 0. The Morgan fingerprint density at radius 2 is 1.53 bits per heavy atom. The molecule has 4 aromatic carbocycles. The number of nitrogens with one attached hydrogen (secondary N) is 1. The van der Waals surface area contributed by atoms with Gasteiger partial charge in [0.2, 0.25) is 11.8 Å². The molecule has 222 valence electrons. The van der Waals surface area contributed by atoms with Gasteiger partial charge in [-0.15, -0.1) is 0 Å². The number of benzene rings is 4. The Kier molecular flexibility index (Phi) is 6.18. The van der Waals surface area contributed by atoms with Crippen LogP contribution in [0.2, 0.25) is 0 Å². The number of hydrazone groups is 1. The van der Waals surface area contributed by atoms with Crippen molar-refractivity contribution < 1.29 is 24.2 Å². The third kappa shape index (κ3) is 3.92. The number of amides is 3. The number of imide groups is 1. The molecule has 0 spiro atoms. The van der Waals surface area contributed by atoms with Crippen molar-refractivity contribution in [3.63, 3.8) is 0 Å². The van der Waals surface area contributed by atoms with Crippen molar-refractivity contribution in [2.24, 2.45) is 16.9 Å². The first kappa shape index (κ1) is 27.8. The second-order valence-corrected chi connectivity index (χ2v) is 11.3. The van der Waals surface area contributed by atoms with Gasteiger partial charge >= 0.3 is 0 Å². The average molecular weight is 602 g/mol. The highest BCUT2D eigenvalue weighted by molar-refractivity contribution is 6.25. The Morgan fingerprint density at radius 1 is 0.867 bits per heavy atom. The molecule has 2 bridgehead atoms. The molecule has 1 fully saturated rings. The number of carbonyl (C=O) groups is 3. The monoisotopic (exact) mass is 601 g/mol. The molecule has 1 aliphatic heterocycles. The summed E-state index contributed by atoms with van der Waals surface area (Å²) in [5.41, 5.74) is 4.08. The summed E-state index contributed by atoms with van der Waals surface area (Å²) in [7, 11) is 0. The van der Waals surface area contributed by atoms with Crippen LogP contribution in [0, 0.1) is 39.0 Å². The summed E-state index contributed by atoms with van der Waals surface area (Å²) in [6, 6.07) is 24.4. The van der Waals surface area contributed by atoms with Gasteiger partial charge in [0.25, 0.3) is 17.3 Å². The van der Waals surface area contributed by atoms with E-state index < -0.39 is 50.7 Å². The van der Waals surface area contributed by atoms with Crippen LogP contribution in [-0.4, -0.2) is 33.8 Å². The van der Waals surface area contributed by atoms with Crippen LogP contribution in [0.5, 0.6) is 0 Å². The van der Waals surface area contributed by atoms with Crippen LogP contribution >= 0.6 is 0 Å². The first-order valence-electron chi connectivity index (χ1n) is 14.1. The summed E-state index contributed by atoms with van der Waals surface area (Å²) in [5, 5.41) is 27.6. The number of carbonyl (C=O) groups excluding carboxylic acids is 3. The number of aryl methyl sites for hydroxylation is 1. The second-order valence-electron chi connectivity index (χ2n) is 11.3. The van der Waals surface area contributed by atoms with Crippen LogP contribution in [0.3, 0.4) is 0 Å². The molecule has 0 saturated carbocycles. The van der Waals surface area contributed by atoms with Crippen molar-refractivity contribution >= 4 is 41.0 Å². The van der Waals surface area contributed by atoms with E-state index in [1.54, 1.807) is 13.0 Å². The van der Waals surface area contributed by atoms with E-state index in [0.717, 1.165) is 33.2 Å². The lowest BCUT2D eigenvalue weighted by Crippen LogP contribution is -2.54. The van der Waals surface area contributed by atoms with E-state index in [9.17, 15) is 34.6 Å². The molecule has 4 aliphatic rings. The van der Waals surface area contributed by atoms with Gasteiger partial charge in [-0.25, -0.2) is 10.3 Å². The third-order valence-electron chi connectivity index (χ3n) is 9.01. The van der Waals surface area contributed by atoms with E-state index in [2.05, 4.69) is 10.5 Å². The molecule has 1 N–H and O–H groups in total. The highest BCUT2D eigenvalue weighted by atomic mass is 16.6. The lowest BCUT2D eigenvalue weighted by atomic mass is 9.47. The Balaban J connectivity index is 1.39. The number of nitrogens with zero attached hydrogens (tertiary/aromatic N) is 4. The Labute approximate surface area is 255 Å². The van der Waals surface area contributed by atoms with Gasteiger partial charge in [-0.05, 0) is 46.9 Å². The first-order chi connectivity index (χ1) is 21.6. The molecule has 1 heterocycles. The van der Waals surface area contributed by atoms with Gasteiger partial charge in [0.15, 0.2) is 0 Å². The fraction of sp³-hybridized carbons (Fsp3) is 0.152. The van der Waals surface area contributed by atoms with Crippen LogP contribution in [0.4, 0.5) is 17.1 Å². The van der Waals surface area contributed by atoms with Crippen LogP contribution < -0.4 is 10.3 Å². The molecular weight excluding hydrogens is 578 g/mol. The number of nitro benzene ring substituents is 2. The van der Waals surface area contributed by atoms with Gasteiger partial charge in [0.1, 0.15) is 5.69 Å². The molecule has 4 aromatic rings. The third-order valence-corrected chi connectivity index (χ3v) is 9.01. The molecule has 2 atom stereocenters. The van der Waals surface area contributed by atoms with Crippen LogP contribution in [0.15, 0.2) is 96.1 Å². The number of non-ortho nitro benzene ring substituents is 1. The van der Waals surface area contributed by atoms with E-state index in [1.807, 2.05) is 48.5 Å². The van der Waals surface area contributed by atoms with Gasteiger partial charge in [-0.3, -0.25) is 34.6 Å². The molecular formula is C33H23N5O7. The van der Waals surface area contributed by atoms with Gasteiger partial charge in [0.05, 0.1) is 27.1 Å². The quantitative estimate of drug-likeness (QED) is 0.144. The highest BCUT2D eigenvalue weighted by Gasteiger charge is 2.68. The van der Waals surface area contributed by atoms with Gasteiger partial charge in [0, 0.05) is 35.9 Å². The first-order valence-corrected chi connectivity index (χ1v) is 14.1. The SMILES string of the molecule is Cc1ccc(N2C(=O)[C@@H]3C4c5ccccc5C(/C=N\NC(=O)c5cccc([N+](=O)[O-])c5)(c5ccccc54)[C@H]3C2=O)c([N+](=O)[O-])c1. The van der Waals surface area contributed by atoms with Crippen molar-refractivity contribution in [2.45, 2.75) is 18.3 Å². The van der Waals surface area contributed by atoms with Crippen LogP contribution in [-0.2, 0) is 15.0 Å². The van der Waals surface area contributed by atoms with Gasteiger partial charge in [-0.2, -0.15) is 5.10 Å². The zero-order chi connectivity index (χ0) is 31.6. The lowest BCUT2D eigenvalue weighted by molar-refractivity contribution is -0.384. The lowest BCUT2D eigenvalue weighted by Gasteiger charge is -2.52. The standard InChI is InChI=1S/C33H23N5O7/c1-18-13-14-25(26(15-18)38(44)45)36-31(40)28-27-21-9-2-4-11-23(21)33(29(28)32(36)41,24-12-5-3-10-22(24)27)17-34-35-30(39)19-7-6-8-20(16-19)37(42)43/h2-17,27-29H,1H3,(H,35,39)/b34-17-/t27?,28-,29-,33?/m1/s1. The summed E-state index contributed by atoms with van der Waals surface area (Å²) in [6.45, 7) is 1.69. The number of rotatable bonds is 6. The minimum Gasteiger partial charge on any atom is -0.274 e. The second kappa shape index (κ2) is 10.0. The molecule has 0 unspecified atom stereocenters. The molecule has 8 rings (SSSR count). The number of nitro groups is 2. The molecule has 0 radical (unpaired) electrons. The number of hydrogen-bond donors (Lipinski definition) is 1. The van der Waals surface area contributed by atoms with E-state index in [1.165, 1.54) is 36.5 Å². The largest absolute Gasteiger partial charge is 0.293 e. The maximum Gasteiger partial charge on any atom is 0.293 e. The highest BCUT2D eigenvalue weighted by Crippen LogP contribution is 2.64. The van der Waals surface area contributed by atoms with E-state index in [4.69, 9.17) is 0 Å². The molecule has 45 heavy (non-hydrogen) atoms. The smallest absolute Gasteiger partial charge is 0.274 e. The average Bonchev–Trinajstić information content (AvgIpc) is 3.31. The topological polar surface area (TPSA) is 165 Å². The minimum absolute atomic E-state index is 0.00913. The molecule has 1 saturated heterocycles. The van der Waals surface area contributed by atoms with E-state index in [-0.39, 0.29) is 22.6 Å². The van der Waals surface area contributed by atoms with Crippen molar-refractivity contribution in [3.05, 3.63) is 145 Å². The van der Waals surface area contributed by atoms with E-state index >= 15 is 0 Å². The van der Waals surface area contributed by atoms with Crippen molar-refractivity contribution in [1.29, 1.82) is 0 Å².